The van der Waals surface area contributed by atoms with Gasteiger partial charge in [0, 0.05) is 28.7 Å². The molecule has 0 unspecified atom stereocenters. The summed E-state index contributed by atoms with van der Waals surface area (Å²) in [7, 11) is 1.84. The number of nitrogens with zero attached hydrogens (tertiary/aromatic N) is 1. The number of non-ortho nitro benzene ring substituents is 1. The molecule has 2 aromatic carbocycles. The second-order valence-electron chi connectivity index (χ2n) is 4.26. The van der Waals surface area contributed by atoms with Crippen LogP contribution in [0.3, 0.4) is 0 Å². The van der Waals surface area contributed by atoms with E-state index < -0.39 is 4.92 Å². The fourth-order valence-corrected chi connectivity index (χ4v) is 2.40. The molecule has 0 spiro atoms. The largest absolute Gasteiger partial charge is 0.455 e. The highest BCUT2D eigenvalue weighted by Gasteiger charge is 2.12. The van der Waals surface area contributed by atoms with Gasteiger partial charge in [-0.1, -0.05) is 27.5 Å². The fraction of sp³-hybridized carbons (Fsp3) is 0.143. The summed E-state index contributed by atoms with van der Waals surface area (Å²) in [6.07, 6.45) is 0. The van der Waals surface area contributed by atoms with Crippen LogP contribution in [0, 0.1) is 10.1 Å². The predicted octanol–water partition coefficient (Wildman–Crippen LogP) is 4.52. The van der Waals surface area contributed by atoms with Gasteiger partial charge in [0.2, 0.25) is 0 Å². The number of rotatable bonds is 5. The van der Waals surface area contributed by atoms with E-state index >= 15 is 0 Å². The number of nitro groups is 1. The highest BCUT2D eigenvalue weighted by Crippen LogP contribution is 2.34. The van der Waals surface area contributed by atoms with E-state index in [-0.39, 0.29) is 10.7 Å². The quantitative estimate of drug-likeness (QED) is 0.620. The van der Waals surface area contributed by atoms with Crippen LogP contribution in [0.1, 0.15) is 5.56 Å². The number of halogens is 2. The minimum Gasteiger partial charge on any atom is -0.455 e. The molecule has 0 aliphatic rings. The molecule has 5 nitrogen and oxygen atoms in total. The Morgan fingerprint density at radius 3 is 2.62 bits per heavy atom. The summed E-state index contributed by atoms with van der Waals surface area (Å²) >= 11 is 9.44. The van der Waals surface area contributed by atoms with E-state index in [4.69, 9.17) is 16.3 Å². The van der Waals surface area contributed by atoms with E-state index in [1.54, 1.807) is 0 Å². The van der Waals surface area contributed by atoms with E-state index in [1.807, 2.05) is 25.2 Å². The lowest BCUT2D eigenvalue weighted by atomic mass is 10.2. The zero-order chi connectivity index (χ0) is 15.4. The van der Waals surface area contributed by atoms with Gasteiger partial charge >= 0.3 is 0 Å². The number of nitrogens with one attached hydrogen (secondary N) is 1. The average molecular weight is 372 g/mol. The first kappa shape index (κ1) is 15.8. The molecule has 2 rings (SSSR count). The summed E-state index contributed by atoms with van der Waals surface area (Å²) in [5.74, 6) is 1.02. The molecule has 0 atom stereocenters. The van der Waals surface area contributed by atoms with Crippen LogP contribution in [0.5, 0.6) is 11.5 Å². The Morgan fingerprint density at radius 2 is 2.00 bits per heavy atom. The Balaban J connectivity index is 2.32. The minimum absolute atomic E-state index is 0.0707. The van der Waals surface area contributed by atoms with Gasteiger partial charge in [0.25, 0.3) is 5.69 Å². The molecule has 0 aliphatic carbocycles. The molecule has 2 aromatic rings. The first-order chi connectivity index (χ1) is 10.0. The molecule has 1 N–H and O–H groups in total. The molecule has 0 saturated heterocycles. The molecular weight excluding hydrogens is 360 g/mol. The van der Waals surface area contributed by atoms with E-state index in [0.717, 1.165) is 10.0 Å². The fourth-order valence-electron chi connectivity index (χ4n) is 1.78. The first-order valence-corrected chi connectivity index (χ1v) is 7.23. The molecule has 21 heavy (non-hydrogen) atoms. The van der Waals surface area contributed by atoms with Crippen molar-refractivity contribution in [3.05, 3.63) is 61.6 Å². The molecule has 7 heteroatoms. The maximum absolute atomic E-state index is 10.7. The number of hydrogen-bond acceptors (Lipinski definition) is 4. The lowest BCUT2D eigenvalue weighted by Crippen LogP contribution is -2.06. The standard InChI is InChI=1S/C14H12BrClN2O3/c1-17-8-9-6-10(15)2-4-13(9)21-14-5-3-11(18(19)20)7-12(14)16/h2-7,17H,8H2,1H3. The zero-order valence-electron chi connectivity index (χ0n) is 11.1. The SMILES string of the molecule is CNCc1cc(Br)ccc1Oc1ccc([N+](=O)[O-])cc1Cl. The third kappa shape index (κ3) is 3.93. The van der Waals surface area contributed by atoms with E-state index in [1.165, 1.54) is 18.2 Å². The van der Waals surface area contributed by atoms with Gasteiger partial charge in [-0.05, 0) is 31.3 Å². The molecule has 0 radical (unpaired) electrons. The number of nitro benzene ring substituents is 1. The van der Waals surface area contributed by atoms with Crippen molar-refractivity contribution in [1.29, 1.82) is 0 Å². The highest BCUT2D eigenvalue weighted by molar-refractivity contribution is 9.10. The average Bonchev–Trinajstić information content (AvgIpc) is 2.43. The van der Waals surface area contributed by atoms with Crippen LogP contribution < -0.4 is 10.1 Å². The Bertz CT molecular complexity index is 679. The van der Waals surface area contributed by atoms with Gasteiger partial charge < -0.3 is 10.1 Å². The molecule has 0 fully saturated rings. The van der Waals surface area contributed by atoms with Crippen molar-refractivity contribution in [3.63, 3.8) is 0 Å². The van der Waals surface area contributed by atoms with Crippen molar-refractivity contribution < 1.29 is 9.66 Å². The van der Waals surface area contributed by atoms with E-state index in [0.29, 0.717) is 18.0 Å². The Hall–Kier alpha value is -1.63. The normalized spacial score (nSPS) is 10.4. The summed E-state index contributed by atoms with van der Waals surface area (Å²) < 4.78 is 6.71. The summed E-state index contributed by atoms with van der Waals surface area (Å²) in [4.78, 5) is 10.2. The van der Waals surface area contributed by atoms with Crippen LogP contribution in [0.2, 0.25) is 5.02 Å². The van der Waals surface area contributed by atoms with Crippen molar-refractivity contribution in [2.45, 2.75) is 6.54 Å². The second-order valence-corrected chi connectivity index (χ2v) is 5.58. The van der Waals surface area contributed by atoms with Gasteiger partial charge in [0.1, 0.15) is 11.5 Å². The third-order valence-electron chi connectivity index (χ3n) is 2.74. The molecule has 0 bridgehead atoms. The van der Waals surface area contributed by atoms with Gasteiger partial charge in [-0.15, -0.1) is 0 Å². The Morgan fingerprint density at radius 1 is 1.29 bits per heavy atom. The second kappa shape index (κ2) is 6.89. The van der Waals surface area contributed by atoms with Crippen LogP contribution in [-0.4, -0.2) is 12.0 Å². The van der Waals surface area contributed by atoms with Crippen molar-refractivity contribution in [2.24, 2.45) is 0 Å². The van der Waals surface area contributed by atoms with Gasteiger partial charge in [-0.25, -0.2) is 0 Å². The molecule has 110 valence electrons. The lowest BCUT2D eigenvalue weighted by molar-refractivity contribution is -0.384. The maximum atomic E-state index is 10.7. The maximum Gasteiger partial charge on any atom is 0.271 e. The van der Waals surface area contributed by atoms with Crippen molar-refractivity contribution in [2.75, 3.05) is 7.05 Å². The monoisotopic (exact) mass is 370 g/mol. The Labute approximate surface area is 135 Å². The molecule has 0 heterocycles. The van der Waals surface area contributed by atoms with Crippen LogP contribution in [0.25, 0.3) is 0 Å². The van der Waals surface area contributed by atoms with Crippen molar-refractivity contribution in [1.82, 2.24) is 5.32 Å². The third-order valence-corrected chi connectivity index (χ3v) is 3.52. The minimum atomic E-state index is -0.498. The molecule has 0 saturated carbocycles. The summed E-state index contributed by atoms with van der Waals surface area (Å²) in [6, 6.07) is 9.73. The smallest absolute Gasteiger partial charge is 0.271 e. The van der Waals surface area contributed by atoms with Crippen molar-refractivity contribution >= 4 is 33.2 Å². The molecule has 0 aliphatic heterocycles. The van der Waals surface area contributed by atoms with Crippen LogP contribution in [0.15, 0.2) is 40.9 Å². The molecule has 0 aromatic heterocycles. The number of ether oxygens (including phenoxy) is 1. The van der Waals surface area contributed by atoms with Gasteiger partial charge in [-0.3, -0.25) is 10.1 Å². The summed E-state index contributed by atoms with van der Waals surface area (Å²) in [5, 5.41) is 13.9. The zero-order valence-corrected chi connectivity index (χ0v) is 13.4. The Kier molecular flexibility index (Phi) is 5.17. The van der Waals surface area contributed by atoms with Crippen LogP contribution in [0.4, 0.5) is 5.69 Å². The first-order valence-electron chi connectivity index (χ1n) is 6.06. The molecule has 0 amide bonds. The summed E-state index contributed by atoms with van der Waals surface area (Å²) in [5.41, 5.74) is 0.875. The van der Waals surface area contributed by atoms with E-state index in [9.17, 15) is 10.1 Å². The lowest BCUT2D eigenvalue weighted by Gasteiger charge is -2.12. The van der Waals surface area contributed by atoms with Crippen LogP contribution >= 0.6 is 27.5 Å². The van der Waals surface area contributed by atoms with E-state index in [2.05, 4.69) is 21.2 Å². The highest BCUT2D eigenvalue weighted by atomic mass is 79.9. The van der Waals surface area contributed by atoms with Crippen molar-refractivity contribution in [3.8, 4) is 11.5 Å². The topological polar surface area (TPSA) is 64.4 Å². The molecular formula is C14H12BrClN2O3. The number of benzene rings is 2. The van der Waals surface area contributed by atoms with Gasteiger partial charge in [-0.2, -0.15) is 0 Å². The predicted molar refractivity (Wildman–Crippen MR) is 85.1 cm³/mol. The van der Waals surface area contributed by atoms with Crippen LogP contribution in [-0.2, 0) is 6.54 Å². The van der Waals surface area contributed by atoms with Gasteiger partial charge in [0.15, 0.2) is 0 Å². The van der Waals surface area contributed by atoms with Gasteiger partial charge in [0.05, 0.1) is 9.95 Å². The summed E-state index contributed by atoms with van der Waals surface area (Å²) in [6.45, 7) is 0.624. The number of hydrogen-bond donors (Lipinski definition) is 1.